The number of hydrogen-bond donors (Lipinski definition) is 0. The molecule has 0 saturated carbocycles. The molecule has 0 aromatic heterocycles. The molecule has 0 amide bonds. The summed E-state index contributed by atoms with van der Waals surface area (Å²) in [4.78, 5) is 21.9. The van der Waals surface area contributed by atoms with E-state index in [4.69, 9.17) is 0 Å². The van der Waals surface area contributed by atoms with Crippen molar-refractivity contribution in [2.75, 3.05) is 6.26 Å². The second-order valence-electron chi connectivity index (χ2n) is 4.04. The third-order valence-corrected chi connectivity index (χ3v) is 3.49. The summed E-state index contributed by atoms with van der Waals surface area (Å²) in [6.45, 7) is 1.36. The maximum Gasteiger partial charge on any atom is 0.178 e. The number of halogens is 1. The summed E-state index contributed by atoms with van der Waals surface area (Å²) in [5.41, 5.74) is 0.0705. The average Bonchev–Trinajstić information content (AvgIpc) is 2.23. The van der Waals surface area contributed by atoms with E-state index < -0.39 is 20.5 Å². The maximum absolute atomic E-state index is 13.5. The molecule has 0 unspecified atom stereocenters. The van der Waals surface area contributed by atoms with Gasteiger partial charge in [-0.05, 0) is 25.1 Å². The van der Waals surface area contributed by atoms with Gasteiger partial charge >= 0.3 is 0 Å². The first-order valence-corrected chi connectivity index (χ1v) is 7.13. The Bertz CT molecular complexity index is 590. The van der Waals surface area contributed by atoms with Crippen molar-refractivity contribution >= 4 is 21.4 Å². The highest BCUT2D eigenvalue weighted by Crippen LogP contribution is 2.17. The van der Waals surface area contributed by atoms with Crippen molar-refractivity contribution in [3.63, 3.8) is 0 Å². The van der Waals surface area contributed by atoms with Gasteiger partial charge in [0.05, 0.1) is 0 Å². The lowest BCUT2D eigenvalue weighted by atomic mass is 10.1. The number of benzene rings is 1. The molecule has 0 heterocycles. The predicted octanol–water partition coefficient (Wildman–Crippen LogP) is 1.78. The number of carbonyl (C=O) groups is 2. The Morgan fingerprint density at radius 1 is 1.22 bits per heavy atom. The fourth-order valence-electron chi connectivity index (χ4n) is 1.41. The number of ketones is 2. The molecule has 1 aromatic rings. The number of hydrogen-bond acceptors (Lipinski definition) is 4. The number of sulfone groups is 1. The molecule has 98 valence electrons. The van der Waals surface area contributed by atoms with Crippen LogP contribution >= 0.6 is 0 Å². The molecule has 4 nitrogen and oxygen atoms in total. The lowest BCUT2D eigenvalue weighted by Crippen LogP contribution is -2.06. The lowest BCUT2D eigenvalue weighted by molar-refractivity contribution is -0.116. The molecule has 6 heteroatoms. The van der Waals surface area contributed by atoms with Crippen LogP contribution in [-0.4, -0.2) is 26.2 Å². The molecule has 18 heavy (non-hydrogen) atoms. The fourth-order valence-corrected chi connectivity index (χ4v) is 2.14. The molecular formula is C12H13FO4S. The van der Waals surface area contributed by atoms with E-state index in [1.165, 1.54) is 13.0 Å². The average molecular weight is 272 g/mol. The molecule has 1 aromatic carbocycles. The monoisotopic (exact) mass is 272 g/mol. The van der Waals surface area contributed by atoms with Crippen LogP contribution in [0.2, 0.25) is 0 Å². The first kappa shape index (κ1) is 14.5. The van der Waals surface area contributed by atoms with Crippen LogP contribution in [0.15, 0.2) is 23.1 Å². The Balaban J connectivity index is 2.98. The van der Waals surface area contributed by atoms with Gasteiger partial charge < -0.3 is 4.79 Å². The summed E-state index contributed by atoms with van der Waals surface area (Å²) in [6.07, 6.45) is 0.976. The van der Waals surface area contributed by atoms with Crippen LogP contribution in [0.1, 0.15) is 30.1 Å². The standard InChI is InChI=1S/C12H13FO4S/c1-8(14)3-5-11(15)9-4-6-12(10(13)7-9)18(2,16)17/h4,6-7H,3,5H2,1-2H3. The lowest BCUT2D eigenvalue weighted by Gasteiger charge is -2.03. The van der Waals surface area contributed by atoms with Gasteiger partial charge in [-0.2, -0.15) is 0 Å². The summed E-state index contributed by atoms with van der Waals surface area (Å²) in [6, 6.07) is 3.20. The van der Waals surface area contributed by atoms with Gasteiger partial charge in [0.2, 0.25) is 0 Å². The Morgan fingerprint density at radius 3 is 2.28 bits per heavy atom. The van der Waals surface area contributed by atoms with Crippen LogP contribution in [0.3, 0.4) is 0 Å². The van der Waals surface area contributed by atoms with Gasteiger partial charge in [0.1, 0.15) is 16.5 Å². The minimum absolute atomic E-state index is 0.00695. The Morgan fingerprint density at radius 2 is 1.83 bits per heavy atom. The Kier molecular flexibility index (Phi) is 4.34. The normalized spacial score (nSPS) is 11.3. The highest BCUT2D eigenvalue weighted by molar-refractivity contribution is 7.90. The van der Waals surface area contributed by atoms with Crippen LogP contribution in [0, 0.1) is 5.82 Å². The molecule has 0 aliphatic carbocycles. The second kappa shape index (κ2) is 5.39. The Labute approximate surface area is 105 Å². The smallest absolute Gasteiger partial charge is 0.178 e. The molecule has 0 atom stereocenters. The van der Waals surface area contributed by atoms with E-state index in [0.29, 0.717) is 0 Å². The third-order valence-electron chi connectivity index (χ3n) is 2.36. The second-order valence-corrected chi connectivity index (χ2v) is 6.03. The molecule has 0 N–H and O–H groups in total. The molecule has 0 fully saturated rings. The minimum atomic E-state index is -3.64. The van der Waals surface area contributed by atoms with Gasteiger partial charge in [0, 0.05) is 24.7 Å². The number of rotatable bonds is 5. The molecule has 0 radical (unpaired) electrons. The van der Waals surface area contributed by atoms with E-state index in [2.05, 4.69) is 0 Å². The first-order chi connectivity index (χ1) is 8.21. The molecule has 0 spiro atoms. The zero-order valence-electron chi connectivity index (χ0n) is 10.1. The van der Waals surface area contributed by atoms with Crippen molar-refractivity contribution < 1.29 is 22.4 Å². The highest BCUT2D eigenvalue weighted by Gasteiger charge is 2.16. The molecule has 1 rings (SSSR count). The summed E-state index contributed by atoms with van der Waals surface area (Å²) < 4.78 is 35.9. The zero-order chi connectivity index (χ0) is 13.9. The zero-order valence-corrected chi connectivity index (χ0v) is 10.9. The topological polar surface area (TPSA) is 68.3 Å². The van der Waals surface area contributed by atoms with E-state index in [-0.39, 0.29) is 30.0 Å². The van der Waals surface area contributed by atoms with Crippen molar-refractivity contribution in [2.24, 2.45) is 0 Å². The summed E-state index contributed by atoms with van der Waals surface area (Å²) in [7, 11) is -3.64. The van der Waals surface area contributed by atoms with E-state index in [1.54, 1.807) is 0 Å². The summed E-state index contributed by atoms with van der Waals surface area (Å²) in [5, 5.41) is 0. The quantitative estimate of drug-likeness (QED) is 0.766. The number of Topliss-reactive ketones (excluding diaryl/α,β-unsaturated/α-hetero) is 2. The van der Waals surface area contributed by atoms with E-state index in [1.807, 2.05) is 0 Å². The van der Waals surface area contributed by atoms with Crippen LogP contribution in [0.4, 0.5) is 4.39 Å². The van der Waals surface area contributed by atoms with Gasteiger partial charge in [0.25, 0.3) is 0 Å². The molecule has 0 bridgehead atoms. The summed E-state index contributed by atoms with van der Waals surface area (Å²) >= 11 is 0. The van der Waals surface area contributed by atoms with Crippen LogP contribution in [-0.2, 0) is 14.6 Å². The van der Waals surface area contributed by atoms with Gasteiger partial charge in [-0.1, -0.05) is 0 Å². The van der Waals surface area contributed by atoms with Crippen molar-refractivity contribution in [1.82, 2.24) is 0 Å². The summed E-state index contributed by atoms with van der Waals surface area (Å²) in [5.74, 6) is -1.47. The Hall–Kier alpha value is -1.56. The van der Waals surface area contributed by atoms with E-state index in [0.717, 1.165) is 18.4 Å². The van der Waals surface area contributed by atoms with Gasteiger partial charge in [-0.15, -0.1) is 0 Å². The molecule has 0 saturated heterocycles. The number of carbonyl (C=O) groups excluding carboxylic acids is 2. The largest absolute Gasteiger partial charge is 0.300 e. The first-order valence-electron chi connectivity index (χ1n) is 5.24. The predicted molar refractivity (Wildman–Crippen MR) is 63.8 cm³/mol. The molecule has 0 aliphatic rings. The van der Waals surface area contributed by atoms with Gasteiger partial charge in [-0.3, -0.25) is 4.79 Å². The van der Waals surface area contributed by atoms with Crippen molar-refractivity contribution in [2.45, 2.75) is 24.7 Å². The van der Waals surface area contributed by atoms with Crippen molar-refractivity contribution in [3.05, 3.63) is 29.6 Å². The third kappa shape index (κ3) is 3.73. The van der Waals surface area contributed by atoms with Gasteiger partial charge in [-0.25, -0.2) is 12.8 Å². The van der Waals surface area contributed by atoms with E-state index >= 15 is 0 Å². The van der Waals surface area contributed by atoms with Crippen molar-refractivity contribution in [1.29, 1.82) is 0 Å². The van der Waals surface area contributed by atoms with Gasteiger partial charge in [0.15, 0.2) is 15.6 Å². The minimum Gasteiger partial charge on any atom is -0.300 e. The fraction of sp³-hybridized carbons (Fsp3) is 0.333. The molecular weight excluding hydrogens is 259 g/mol. The SMILES string of the molecule is CC(=O)CCC(=O)c1ccc(S(C)(=O)=O)c(F)c1. The van der Waals surface area contributed by atoms with E-state index in [9.17, 15) is 22.4 Å². The van der Waals surface area contributed by atoms with Crippen LogP contribution in [0.5, 0.6) is 0 Å². The maximum atomic E-state index is 13.5. The van der Waals surface area contributed by atoms with Crippen molar-refractivity contribution in [3.8, 4) is 0 Å². The highest BCUT2D eigenvalue weighted by atomic mass is 32.2. The molecule has 0 aliphatic heterocycles. The van der Waals surface area contributed by atoms with Crippen LogP contribution in [0.25, 0.3) is 0 Å². The van der Waals surface area contributed by atoms with Crippen LogP contribution < -0.4 is 0 Å².